The number of benzene rings is 2. The van der Waals surface area contributed by atoms with E-state index in [1.165, 1.54) is 11.1 Å². The molecule has 1 aliphatic rings. The summed E-state index contributed by atoms with van der Waals surface area (Å²) >= 11 is 0. The fraction of sp³-hybridized carbons (Fsp3) is 0.294. The minimum absolute atomic E-state index is 0.446. The molecule has 2 nitrogen and oxygen atoms in total. The normalized spacial score (nSPS) is 15.2. The highest BCUT2D eigenvalue weighted by atomic mass is 16.3. The van der Waals surface area contributed by atoms with Gasteiger partial charge in [0, 0.05) is 25.2 Å². The van der Waals surface area contributed by atoms with Crippen LogP contribution in [0, 0.1) is 0 Å². The van der Waals surface area contributed by atoms with Gasteiger partial charge in [-0.25, -0.2) is 0 Å². The molecule has 0 unspecified atom stereocenters. The fourth-order valence-electron chi connectivity index (χ4n) is 2.74. The van der Waals surface area contributed by atoms with Crippen LogP contribution in [0.3, 0.4) is 0 Å². The van der Waals surface area contributed by atoms with Crippen LogP contribution in [0.2, 0.25) is 0 Å². The van der Waals surface area contributed by atoms with Gasteiger partial charge in [0.25, 0.3) is 0 Å². The van der Waals surface area contributed by atoms with Gasteiger partial charge in [-0.05, 0) is 30.0 Å². The molecule has 98 valence electrons. The SMILES string of the molecule is Oc1cccc2c1CN(CCc1ccccc1)CC2. The summed E-state index contributed by atoms with van der Waals surface area (Å²) in [5.74, 6) is 0.446. The third kappa shape index (κ3) is 2.79. The molecule has 0 spiro atoms. The van der Waals surface area contributed by atoms with E-state index in [0.717, 1.165) is 38.0 Å². The number of rotatable bonds is 3. The van der Waals surface area contributed by atoms with E-state index in [1.54, 1.807) is 6.07 Å². The Morgan fingerprint density at radius 1 is 1.00 bits per heavy atom. The number of phenolic OH excluding ortho intramolecular Hbond substituents is 1. The lowest BCUT2D eigenvalue weighted by Gasteiger charge is -2.29. The summed E-state index contributed by atoms with van der Waals surface area (Å²) in [5, 5.41) is 9.93. The van der Waals surface area contributed by atoms with Gasteiger partial charge in [-0.15, -0.1) is 0 Å². The Morgan fingerprint density at radius 3 is 2.68 bits per heavy atom. The van der Waals surface area contributed by atoms with Crippen molar-refractivity contribution in [1.29, 1.82) is 0 Å². The summed E-state index contributed by atoms with van der Waals surface area (Å²) in [4.78, 5) is 2.43. The molecule has 0 radical (unpaired) electrons. The van der Waals surface area contributed by atoms with Crippen molar-refractivity contribution in [3.63, 3.8) is 0 Å². The first kappa shape index (κ1) is 12.2. The first-order valence-corrected chi connectivity index (χ1v) is 6.89. The summed E-state index contributed by atoms with van der Waals surface area (Å²) in [6, 6.07) is 16.4. The van der Waals surface area contributed by atoms with Gasteiger partial charge in [-0.1, -0.05) is 42.5 Å². The third-order valence-electron chi connectivity index (χ3n) is 3.89. The minimum Gasteiger partial charge on any atom is -0.508 e. The van der Waals surface area contributed by atoms with Gasteiger partial charge in [0.15, 0.2) is 0 Å². The van der Waals surface area contributed by atoms with Gasteiger partial charge in [-0.2, -0.15) is 0 Å². The Balaban J connectivity index is 1.64. The highest BCUT2D eigenvalue weighted by molar-refractivity contribution is 5.40. The number of hydrogen-bond acceptors (Lipinski definition) is 2. The third-order valence-corrected chi connectivity index (χ3v) is 3.89. The van der Waals surface area contributed by atoms with E-state index in [1.807, 2.05) is 6.07 Å². The largest absolute Gasteiger partial charge is 0.508 e. The van der Waals surface area contributed by atoms with Crippen LogP contribution in [-0.4, -0.2) is 23.1 Å². The molecule has 1 N–H and O–H groups in total. The zero-order chi connectivity index (χ0) is 13.1. The fourth-order valence-corrected chi connectivity index (χ4v) is 2.74. The van der Waals surface area contributed by atoms with Crippen LogP contribution < -0.4 is 0 Å². The standard InChI is InChI=1S/C17H19NO/c19-17-8-4-7-15-10-12-18(13-16(15)17)11-9-14-5-2-1-3-6-14/h1-8,19H,9-13H2. The summed E-state index contributed by atoms with van der Waals surface area (Å²) < 4.78 is 0. The predicted molar refractivity (Wildman–Crippen MR) is 77.2 cm³/mol. The topological polar surface area (TPSA) is 23.5 Å². The predicted octanol–water partition coefficient (Wildman–Crippen LogP) is 2.99. The smallest absolute Gasteiger partial charge is 0.120 e. The Bertz CT molecular complexity index is 550. The molecule has 1 heterocycles. The second-order valence-corrected chi connectivity index (χ2v) is 5.18. The molecule has 19 heavy (non-hydrogen) atoms. The van der Waals surface area contributed by atoms with E-state index >= 15 is 0 Å². The van der Waals surface area contributed by atoms with Gasteiger partial charge < -0.3 is 5.11 Å². The highest BCUT2D eigenvalue weighted by Gasteiger charge is 2.18. The van der Waals surface area contributed by atoms with Crippen LogP contribution in [0.15, 0.2) is 48.5 Å². The Hall–Kier alpha value is -1.80. The first-order chi connectivity index (χ1) is 9.33. The average molecular weight is 253 g/mol. The number of fused-ring (bicyclic) bond motifs is 1. The van der Waals surface area contributed by atoms with E-state index in [9.17, 15) is 5.11 Å². The maximum atomic E-state index is 9.93. The molecule has 0 fully saturated rings. The minimum atomic E-state index is 0.446. The number of hydrogen-bond donors (Lipinski definition) is 1. The van der Waals surface area contributed by atoms with E-state index in [0.29, 0.717) is 5.75 Å². The summed E-state index contributed by atoms with van der Waals surface area (Å²) in [6.45, 7) is 3.01. The van der Waals surface area contributed by atoms with Crippen molar-refractivity contribution in [2.75, 3.05) is 13.1 Å². The van der Waals surface area contributed by atoms with Crippen LogP contribution in [0.5, 0.6) is 5.75 Å². The van der Waals surface area contributed by atoms with Crippen LogP contribution in [-0.2, 0) is 19.4 Å². The molecule has 0 aromatic heterocycles. The lowest BCUT2D eigenvalue weighted by Crippen LogP contribution is -2.32. The zero-order valence-electron chi connectivity index (χ0n) is 11.0. The molecular weight excluding hydrogens is 234 g/mol. The first-order valence-electron chi connectivity index (χ1n) is 6.89. The molecule has 2 aromatic carbocycles. The molecule has 0 saturated heterocycles. The van der Waals surface area contributed by atoms with E-state index in [4.69, 9.17) is 0 Å². The van der Waals surface area contributed by atoms with Gasteiger partial charge >= 0.3 is 0 Å². The van der Waals surface area contributed by atoms with Crippen molar-refractivity contribution in [2.24, 2.45) is 0 Å². The molecule has 0 atom stereocenters. The highest BCUT2D eigenvalue weighted by Crippen LogP contribution is 2.26. The van der Waals surface area contributed by atoms with Gasteiger partial charge in [0.05, 0.1) is 0 Å². The quantitative estimate of drug-likeness (QED) is 0.909. The number of aromatic hydroxyl groups is 1. The van der Waals surface area contributed by atoms with Crippen molar-refractivity contribution in [3.8, 4) is 5.75 Å². The molecule has 0 aliphatic carbocycles. The number of nitrogens with zero attached hydrogens (tertiary/aromatic N) is 1. The zero-order valence-corrected chi connectivity index (χ0v) is 11.0. The molecule has 2 heteroatoms. The second-order valence-electron chi connectivity index (χ2n) is 5.18. The van der Waals surface area contributed by atoms with Crippen LogP contribution in [0.4, 0.5) is 0 Å². The Kier molecular flexibility index (Phi) is 3.51. The van der Waals surface area contributed by atoms with Gasteiger partial charge in [0.2, 0.25) is 0 Å². The lowest BCUT2D eigenvalue weighted by molar-refractivity contribution is 0.252. The Morgan fingerprint density at radius 2 is 1.84 bits per heavy atom. The molecule has 0 bridgehead atoms. The van der Waals surface area contributed by atoms with Crippen LogP contribution in [0.25, 0.3) is 0 Å². The summed E-state index contributed by atoms with van der Waals surface area (Å²) in [6.07, 6.45) is 2.11. The monoisotopic (exact) mass is 253 g/mol. The van der Waals surface area contributed by atoms with Crippen molar-refractivity contribution < 1.29 is 5.11 Å². The second kappa shape index (κ2) is 5.45. The Labute approximate surface area is 114 Å². The van der Waals surface area contributed by atoms with E-state index in [-0.39, 0.29) is 0 Å². The molecule has 0 saturated carbocycles. The maximum Gasteiger partial charge on any atom is 0.120 e. The van der Waals surface area contributed by atoms with Gasteiger partial charge in [-0.3, -0.25) is 4.90 Å². The van der Waals surface area contributed by atoms with Crippen molar-refractivity contribution in [3.05, 3.63) is 65.2 Å². The van der Waals surface area contributed by atoms with Crippen molar-refractivity contribution in [1.82, 2.24) is 4.90 Å². The summed E-state index contributed by atoms with van der Waals surface area (Å²) in [7, 11) is 0. The van der Waals surface area contributed by atoms with Crippen molar-refractivity contribution in [2.45, 2.75) is 19.4 Å². The van der Waals surface area contributed by atoms with Gasteiger partial charge in [0.1, 0.15) is 5.75 Å². The van der Waals surface area contributed by atoms with Crippen LogP contribution in [0.1, 0.15) is 16.7 Å². The average Bonchev–Trinajstić information content (AvgIpc) is 2.47. The van der Waals surface area contributed by atoms with E-state index in [2.05, 4.69) is 41.3 Å². The van der Waals surface area contributed by atoms with E-state index < -0.39 is 0 Å². The summed E-state index contributed by atoms with van der Waals surface area (Å²) in [5.41, 5.74) is 3.79. The van der Waals surface area contributed by atoms with Crippen LogP contribution >= 0.6 is 0 Å². The molecule has 0 amide bonds. The maximum absolute atomic E-state index is 9.93. The van der Waals surface area contributed by atoms with Crippen molar-refractivity contribution >= 4 is 0 Å². The molecular formula is C17H19NO. The molecule has 2 aromatic rings. The molecule has 1 aliphatic heterocycles. The lowest BCUT2D eigenvalue weighted by atomic mass is 9.98. The molecule has 3 rings (SSSR count). The number of phenols is 1.